The zero-order chi connectivity index (χ0) is 9.50. The predicted octanol–water partition coefficient (Wildman–Crippen LogP) is -2.48. The zero-order valence-electron chi connectivity index (χ0n) is 5.10. The van der Waals surface area contributed by atoms with Gasteiger partial charge >= 0.3 is 23.9 Å². The molecule has 0 bridgehead atoms. The summed E-state index contributed by atoms with van der Waals surface area (Å²) in [6.07, 6.45) is 0. The maximum absolute atomic E-state index is 9.94. The van der Waals surface area contributed by atoms with Crippen LogP contribution in [0.4, 0.5) is 0 Å². The molecule has 68 valence electrons. The van der Waals surface area contributed by atoms with Gasteiger partial charge in [-0.3, -0.25) is 0 Å². The van der Waals surface area contributed by atoms with Crippen LogP contribution in [0.1, 0.15) is 0 Å². The van der Waals surface area contributed by atoms with Gasteiger partial charge in [0.2, 0.25) is 0 Å². The van der Waals surface area contributed by atoms with Crippen molar-refractivity contribution in [1.82, 2.24) is 0 Å². The minimum atomic E-state index is -5.85. The molecular formula is CCl2O6P2Sn. The Kier molecular flexibility index (Phi) is 6.00. The fraction of sp³-hybridized carbons (Fsp3) is 1.00. The summed E-state index contributed by atoms with van der Waals surface area (Å²) in [5.74, 6) is 0. The van der Waals surface area contributed by atoms with E-state index in [9.17, 15) is 28.7 Å². The van der Waals surface area contributed by atoms with Crippen LogP contribution in [0.25, 0.3) is 0 Å². The molecule has 6 nitrogen and oxygen atoms in total. The topological polar surface area (TPSA) is 126 Å². The van der Waals surface area contributed by atoms with Crippen LogP contribution in [0.15, 0.2) is 0 Å². The number of alkyl halides is 2. The van der Waals surface area contributed by atoms with Crippen molar-refractivity contribution in [2.45, 2.75) is 3.82 Å². The van der Waals surface area contributed by atoms with Crippen molar-refractivity contribution in [2.75, 3.05) is 0 Å². The van der Waals surface area contributed by atoms with Crippen LogP contribution in [0.5, 0.6) is 0 Å². The smallest absolute Gasteiger partial charge is 0.808 e. The van der Waals surface area contributed by atoms with E-state index in [1.807, 2.05) is 0 Å². The Labute approximate surface area is 94.5 Å². The van der Waals surface area contributed by atoms with Crippen LogP contribution < -0.4 is 19.6 Å². The summed E-state index contributed by atoms with van der Waals surface area (Å²) in [6.45, 7) is 0. The zero-order valence-corrected chi connectivity index (χ0v) is 11.3. The number of hydrogen-bond donors (Lipinski definition) is 0. The van der Waals surface area contributed by atoms with Gasteiger partial charge in [-0.1, -0.05) is 23.2 Å². The fourth-order valence-corrected chi connectivity index (χ4v) is 1.35. The van der Waals surface area contributed by atoms with Crippen molar-refractivity contribution >= 4 is 62.3 Å². The van der Waals surface area contributed by atoms with E-state index in [4.69, 9.17) is 0 Å². The maximum atomic E-state index is 9.94. The van der Waals surface area contributed by atoms with Crippen LogP contribution >= 0.6 is 38.4 Å². The summed E-state index contributed by atoms with van der Waals surface area (Å²) >= 11 is 8.96. The van der Waals surface area contributed by atoms with E-state index in [0.29, 0.717) is 0 Å². The summed E-state index contributed by atoms with van der Waals surface area (Å²) < 4.78 is 16.1. The summed E-state index contributed by atoms with van der Waals surface area (Å²) in [4.78, 5) is 39.7. The molecule has 0 aromatic rings. The molecule has 0 heterocycles. The molecule has 0 saturated carbocycles. The van der Waals surface area contributed by atoms with E-state index in [0.717, 1.165) is 0 Å². The average Bonchev–Trinajstić information content (AvgIpc) is 1.58. The molecule has 0 aromatic heterocycles. The van der Waals surface area contributed by atoms with Gasteiger partial charge in [-0.15, -0.1) is 0 Å². The van der Waals surface area contributed by atoms with E-state index < -0.39 is 19.0 Å². The quantitative estimate of drug-likeness (QED) is 0.305. The second-order valence-electron chi connectivity index (χ2n) is 1.50. The maximum Gasteiger partial charge on any atom is 4.00 e. The van der Waals surface area contributed by atoms with Crippen molar-refractivity contribution in [3.63, 3.8) is 0 Å². The second-order valence-corrected chi connectivity index (χ2v) is 7.57. The van der Waals surface area contributed by atoms with Crippen LogP contribution in [-0.2, 0) is 9.13 Å². The van der Waals surface area contributed by atoms with E-state index >= 15 is 0 Å². The molecule has 0 aromatic carbocycles. The molecule has 0 rings (SSSR count). The van der Waals surface area contributed by atoms with Gasteiger partial charge in [0.25, 0.3) is 0 Å². The number of halogens is 2. The predicted molar refractivity (Wildman–Crippen MR) is 35.4 cm³/mol. The van der Waals surface area contributed by atoms with Gasteiger partial charge in [-0.2, -0.15) is 0 Å². The molecular weight excluding hydrogens is 360 g/mol. The third-order valence-electron chi connectivity index (χ3n) is 0.659. The van der Waals surface area contributed by atoms with Gasteiger partial charge in [0.05, 0.1) is 0 Å². The Bertz CT molecular complexity index is 216. The van der Waals surface area contributed by atoms with Gasteiger partial charge in [0, 0.05) is 0 Å². The SMILES string of the molecule is O=P([O-])([O-])C(Cl)(Cl)P(=O)([O-])[O-].[Sn+4]. The fourth-order valence-electron chi connectivity index (χ4n) is 0.150. The first-order valence-electron chi connectivity index (χ1n) is 1.92. The van der Waals surface area contributed by atoms with Crippen LogP contribution in [-0.4, -0.2) is 27.7 Å². The van der Waals surface area contributed by atoms with Crippen LogP contribution in [0, 0.1) is 0 Å². The normalized spacial score (nSPS) is 13.8. The minimum Gasteiger partial charge on any atom is -0.808 e. The summed E-state index contributed by atoms with van der Waals surface area (Å²) in [5.41, 5.74) is 0. The van der Waals surface area contributed by atoms with Gasteiger partial charge < -0.3 is 28.7 Å². The Morgan fingerprint density at radius 1 is 0.917 bits per heavy atom. The van der Waals surface area contributed by atoms with E-state index in [2.05, 4.69) is 23.2 Å². The first-order chi connectivity index (χ1) is 4.50. The molecule has 0 saturated heterocycles. The van der Waals surface area contributed by atoms with Crippen LogP contribution in [0.2, 0.25) is 0 Å². The molecule has 0 aliphatic carbocycles. The molecule has 0 radical (unpaired) electrons. The molecule has 0 amide bonds. The van der Waals surface area contributed by atoms with Crippen molar-refractivity contribution in [3.8, 4) is 0 Å². The first kappa shape index (κ1) is 16.1. The molecule has 0 fully saturated rings. The van der Waals surface area contributed by atoms with Crippen molar-refractivity contribution in [3.05, 3.63) is 0 Å². The molecule has 12 heavy (non-hydrogen) atoms. The largest absolute Gasteiger partial charge is 4.00 e. The Balaban J connectivity index is 0. The molecule has 0 unspecified atom stereocenters. The van der Waals surface area contributed by atoms with E-state index in [1.54, 1.807) is 0 Å². The Hall–Kier alpha value is 1.68. The standard InChI is InChI=1S/CH4Cl2O6P2.Sn/c2-1(3,10(4,5)6)11(7,8)9;/h(H2,4,5,6)(H2,7,8,9);/q;+4/p-4. The Morgan fingerprint density at radius 2 is 1.08 bits per heavy atom. The third-order valence-corrected chi connectivity index (χ3v) is 5.93. The van der Waals surface area contributed by atoms with Crippen molar-refractivity contribution in [2.24, 2.45) is 0 Å². The second kappa shape index (κ2) is 4.47. The van der Waals surface area contributed by atoms with E-state index in [1.165, 1.54) is 0 Å². The first-order valence-corrected chi connectivity index (χ1v) is 5.76. The molecule has 0 spiro atoms. The third kappa shape index (κ3) is 3.44. The molecule has 0 aliphatic rings. The summed E-state index contributed by atoms with van der Waals surface area (Å²) in [7, 11) is -11.7. The van der Waals surface area contributed by atoms with Gasteiger partial charge in [-0.05, 0) is 15.2 Å². The van der Waals surface area contributed by atoms with E-state index in [-0.39, 0.29) is 23.9 Å². The number of rotatable bonds is 2. The average molecular weight is 360 g/mol. The van der Waals surface area contributed by atoms with Gasteiger partial charge in [0.15, 0.2) is 3.82 Å². The van der Waals surface area contributed by atoms with Crippen LogP contribution in [0.3, 0.4) is 0 Å². The number of hydrogen-bond acceptors (Lipinski definition) is 6. The minimum absolute atomic E-state index is 0. The Morgan fingerprint density at radius 3 is 1.08 bits per heavy atom. The van der Waals surface area contributed by atoms with Crippen molar-refractivity contribution in [1.29, 1.82) is 0 Å². The molecule has 0 aliphatic heterocycles. The molecule has 0 atom stereocenters. The molecule has 0 N–H and O–H groups in total. The van der Waals surface area contributed by atoms with Crippen molar-refractivity contribution < 1.29 is 28.7 Å². The summed E-state index contributed by atoms with van der Waals surface area (Å²) in [5, 5.41) is 0. The molecule has 11 heteroatoms. The monoisotopic (exact) mass is 360 g/mol. The van der Waals surface area contributed by atoms with Gasteiger partial charge in [-0.25, -0.2) is 0 Å². The summed E-state index contributed by atoms with van der Waals surface area (Å²) in [6, 6.07) is 0. The van der Waals surface area contributed by atoms with Gasteiger partial charge in [0.1, 0.15) is 0 Å².